The van der Waals surface area contributed by atoms with E-state index in [1.54, 1.807) is 0 Å². The van der Waals surface area contributed by atoms with Gasteiger partial charge in [-0.1, -0.05) is 120 Å². The largest absolute Gasteiger partial charge is 0.310 e. The zero-order valence-electron chi connectivity index (χ0n) is 34.4. The van der Waals surface area contributed by atoms with Crippen molar-refractivity contribution < 1.29 is 0 Å². The van der Waals surface area contributed by atoms with Crippen molar-refractivity contribution >= 4 is 131 Å². The molecule has 61 heavy (non-hydrogen) atoms. The van der Waals surface area contributed by atoms with E-state index >= 15 is 0 Å². The van der Waals surface area contributed by atoms with Crippen LogP contribution in [0.1, 0.15) is 22.3 Å². The number of nitrogens with zero attached hydrogens (tertiary/aromatic N) is 2. The van der Waals surface area contributed by atoms with Gasteiger partial charge in [-0.3, -0.25) is 0 Å². The molecule has 2 aliphatic rings. The van der Waals surface area contributed by atoms with Crippen LogP contribution >= 0.6 is 22.7 Å². The van der Waals surface area contributed by atoms with Gasteiger partial charge in [-0.2, -0.15) is 0 Å². The summed E-state index contributed by atoms with van der Waals surface area (Å²) in [6.07, 6.45) is 0. The molecule has 0 aliphatic carbocycles. The molecule has 0 fully saturated rings. The molecule has 2 nitrogen and oxygen atoms in total. The molecule has 2 aliphatic heterocycles. The van der Waals surface area contributed by atoms with Gasteiger partial charge in [-0.15, -0.1) is 22.7 Å². The highest BCUT2D eigenvalue weighted by Crippen LogP contribution is 2.51. The van der Waals surface area contributed by atoms with Gasteiger partial charge in [0.05, 0.1) is 11.4 Å². The SMILES string of the molecule is Cc1ccc(N2c3cccc4c3B(c3sc5ccc(C)cc5c32)c2sc3ccc(C)cc3c2N4c2ccc(C)c(-c3cccc4c5ccccc5c5ccccc5c34)c2)cc1. The number of aryl methyl sites for hydroxylation is 4. The maximum absolute atomic E-state index is 2.61. The van der Waals surface area contributed by atoms with Crippen LogP contribution in [0.5, 0.6) is 0 Å². The lowest BCUT2D eigenvalue weighted by Gasteiger charge is -2.42. The molecule has 0 bridgehead atoms. The first kappa shape index (κ1) is 35.1. The zero-order chi connectivity index (χ0) is 40.7. The average Bonchev–Trinajstić information content (AvgIpc) is 3.85. The molecule has 2 aromatic heterocycles. The monoisotopic (exact) mass is 814 g/mol. The predicted molar refractivity (Wildman–Crippen MR) is 268 cm³/mol. The van der Waals surface area contributed by atoms with Gasteiger partial charge >= 0.3 is 0 Å². The molecule has 13 rings (SSSR count). The average molecular weight is 815 g/mol. The van der Waals surface area contributed by atoms with Crippen molar-refractivity contribution in [1.82, 2.24) is 0 Å². The Morgan fingerprint density at radius 3 is 1.49 bits per heavy atom. The summed E-state index contributed by atoms with van der Waals surface area (Å²) >= 11 is 3.95. The lowest BCUT2D eigenvalue weighted by molar-refractivity contribution is 1.27. The van der Waals surface area contributed by atoms with E-state index in [1.165, 1.54) is 135 Å². The van der Waals surface area contributed by atoms with E-state index in [-0.39, 0.29) is 6.71 Å². The second-order valence-electron chi connectivity index (χ2n) is 17.1. The summed E-state index contributed by atoms with van der Waals surface area (Å²) in [5, 5.41) is 10.4. The first-order valence-electron chi connectivity index (χ1n) is 21.2. The van der Waals surface area contributed by atoms with Crippen LogP contribution in [0.3, 0.4) is 0 Å². The highest BCUT2D eigenvalue weighted by molar-refractivity contribution is 7.40. The Kier molecular flexibility index (Phi) is 7.44. The van der Waals surface area contributed by atoms with E-state index in [1.807, 2.05) is 22.7 Å². The van der Waals surface area contributed by atoms with Gasteiger partial charge in [0.1, 0.15) is 0 Å². The van der Waals surface area contributed by atoms with Crippen molar-refractivity contribution in [2.45, 2.75) is 27.7 Å². The Hall–Kier alpha value is -6.66. The third-order valence-electron chi connectivity index (χ3n) is 13.3. The smallest absolute Gasteiger partial charge is 0.277 e. The van der Waals surface area contributed by atoms with E-state index < -0.39 is 0 Å². The van der Waals surface area contributed by atoms with Gasteiger partial charge in [-0.25, -0.2) is 0 Å². The molecule has 0 amide bonds. The lowest BCUT2D eigenvalue weighted by atomic mass is 9.39. The number of thiophene rings is 2. The minimum Gasteiger partial charge on any atom is -0.310 e. The molecule has 0 saturated carbocycles. The van der Waals surface area contributed by atoms with Crippen LogP contribution < -0.4 is 24.8 Å². The Balaban J connectivity index is 1.11. The molecule has 0 spiro atoms. The highest BCUT2D eigenvalue weighted by Gasteiger charge is 2.46. The molecule has 0 N–H and O–H groups in total. The van der Waals surface area contributed by atoms with Crippen molar-refractivity contribution in [2.24, 2.45) is 0 Å². The van der Waals surface area contributed by atoms with Crippen LogP contribution in [0.4, 0.5) is 34.1 Å². The number of hydrogen-bond acceptors (Lipinski definition) is 4. The van der Waals surface area contributed by atoms with Crippen LogP contribution in [0, 0.1) is 27.7 Å². The quantitative estimate of drug-likeness (QED) is 0.129. The van der Waals surface area contributed by atoms with E-state index in [9.17, 15) is 0 Å². The maximum atomic E-state index is 2.61. The van der Waals surface area contributed by atoms with Gasteiger partial charge in [0, 0.05) is 52.5 Å². The van der Waals surface area contributed by atoms with Crippen molar-refractivity contribution in [3.05, 3.63) is 186 Å². The van der Waals surface area contributed by atoms with Gasteiger partial charge in [0.2, 0.25) is 0 Å². The van der Waals surface area contributed by atoms with E-state index in [4.69, 9.17) is 0 Å². The zero-order valence-corrected chi connectivity index (χ0v) is 36.0. The van der Waals surface area contributed by atoms with Gasteiger partial charge < -0.3 is 9.80 Å². The molecule has 9 aromatic carbocycles. The number of rotatable bonds is 3. The van der Waals surface area contributed by atoms with Crippen LogP contribution in [-0.4, -0.2) is 6.71 Å². The molecule has 0 radical (unpaired) electrons. The minimum atomic E-state index is 0.104. The van der Waals surface area contributed by atoms with Gasteiger partial charge in [-0.05, 0) is 143 Å². The van der Waals surface area contributed by atoms with E-state index in [0.29, 0.717) is 0 Å². The van der Waals surface area contributed by atoms with Crippen molar-refractivity contribution in [3.63, 3.8) is 0 Å². The second-order valence-corrected chi connectivity index (χ2v) is 19.3. The van der Waals surface area contributed by atoms with Crippen molar-refractivity contribution in [2.75, 3.05) is 9.80 Å². The Labute approximate surface area is 363 Å². The third kappa shape index (κ3) is 4.96. The molecule has 0 unspecified atom stereocenters. The molecule has 11 aromatic rings. The summed E-state index contributed by atoms with van der Waals surface area (Å²) in [4.78, 5) is 5.18. The summed E-state index contributed by atoms with van der Waals surface area (Å²) in [6, 6.07) is 62.1. The van der Waals surface area contributed by atoms with Crippen LogP contribution in [0.15, 0.2) is 164 Å². The van der Waals surface area contributed by atoms with Gasteiger partial charge in [0.15, 0.2) is 0 Å². The number of benzene rings is 9. The fourth-order valence-corrected chi connectivity index (χ4v) is 13.2. The third-order valence-corrected chi connectivity index (χ3v) is 15.8. The summed E-state index contributed by atoms with van der Waals surface area (Å²) in [5.74, 6) is 0. The predicted octanol–water partition coefficient (Wildman–Crippen LogP) is 14.6. The molecule has 0 saturated heterocycles. The van der Waals surface area contributed by atoms with Gasteiger partial charge in [0.25, 0.3) is 6.71 Å². The second kappa shape index (κ2) is 12.9. The fraction of sp³-hybridized carbons (Fsp3) is 0.0714. The maximum Gasteiger partial charge on any atom is 0.277 e. The fourth-order valence-electron chi connectivity index (χ4n) is 10.6. The van der Waals surface area contributed by atoms with Crippen molar-refractivity contribution in [1.29, 1.82) is 0 Å². The first-order chi connectivity index (χ1) is 29.9. The Morgan fingerprint density at radius 1 is 0.393 bits per heavy atom. The number of anilines is 6. The Morgan fingerprint density at radius 2 is 0.885 bits per heavy atom. The molecule has 0 atom stereocenters. The standard InChI is InChI=1S/C56H39BN2S2/c1-32-19-24-36(25-20-32)58-47-17-10-18-48-52(47)57(55-53(58)45-29-33(2)21-27-49(45)60-55)56-54(46-30-34(3)22-28-50(46)61-56)59(48)37-26-23-35(4)44(31-37)43-16-9-15-42-40-12-6-5-11-38(40)39-13-7-8-14-41(39)51(42)43/h5-31H,1-4H3. The number of fused-ring (bicyclic) bond motifs is 14. The highest BCUT2D eigenvalue weighted by atomic mass is 32.1. The molecular formula is C56H39BN2S2. The summed E-state index contributed by atoms with van der Waals surface area (Å²) < 4.78 is 5.50. The molecule has 4 heterocycles. The van der Waals surface area contributed by atoms with Crippen LogP contribution in [0.2, 0.25) is 0 Å². The van der Waals surface area contributed by atoms with E-state index in [2.05, 4.69) is 201 Å². The lowest BCUT2D eigenvalue weighted by Crippen LogP contribution is -2.59. The first-order valence-corrected chi connectivity index (χ1v) is 22.8. The topological polar surface area (TPSA) is 6.48 Å². The summed E-state index contributed by atoms with van der Waals surface area (Å²) in [5.41, 5.74) is 16.5. The molecule has 5 heteroatoms. The van der Waals surface area contributed by atoms with E-state index in [0.717, 1.165) is 0 Å². The number of hydrogen-bond donors (Lipinski definition) is 0. The van der Waals surface area contributed by atoms with Crippen LogP contribution in [0.25, 0.3) is 63.6 Å². The van der Waals surface area contributed by atoms with Crippen molar-refractivity contribution in [3.8, 4) is 11.1 Å². The minimum absolute atomic E-state index is 0.104. The summed E-state index contributed by atoms with van der Waals surface area (Å²) in [6.45, 7) is 9.01. The molecule has 288 valence electrons. The summed E-state index contributed by atoms with van der Waals surface area (Å²) in [7, 11) is 0. The Bertz CT molecular complexity index is 3620. The molecular weight excluding hydrogens is 776 g/mol. The van der Waals surface area contributed by atoms with Crippen LogP contribution in [-0.2, 0) is 0 Å². The normalized spacial score (nSPS) is 13.1.